The van der Waals surface area contributed by atoms with Crippen LogP contribution in [0.2, 0.25) is 0 Å². The number of aromatic amines is 1. The summed E-state index contributed by atoms with van der Waals surface area (Å²) in [6.45, 7) is 4.19. The predicted octanol–water partition coefficient (Wildman–Crippen LogP) is 0.678. The zero-order chi connectivity index (χ0) is 13.1. The molecule has 1 aliphatic heterocycles. The molecule has 0 bridgehead atoms. The average Bonchev–Trinajstić information content (AvgIpc) is 2.34. The van der Waals surface area contributed by atoms with Gasteiger partial charge in [-0.3, -0.25) is 15.0 Å². The summed E-state index contributed by atoms with van der Waals surface area (Å²) in [7, 11) is 0. The lowest BCUT2D eigenvalue weighted by Crippen LogP contribution is -2.54. The van der Waals surface area contributed by atoms with Gasteiger partial charge in [0, 0.05) is 18.2 Å². The fraction of sp³-hybridized carbons (Fsp3) is 0.583. The molecule has 2 N–H and O–H groups in total. The largest absolute Gasteiger partial charge is 0.286 e. The van der Waals surface area contributed by atoms with E-state index in [1.54, 1.807) is 0 Å². The molecule has 6 heteroatoms. The van der Waals surface area contributed by atoms with E-state index in [-0.39, 0.29) is 17.2 Å². The summed E-state index contributed by atoms with van der Waals surface area (Å²) in [5.74, 6) is -0.285. The van der Waals surface area contributed by atoms with Crippen LogP contribution in [0.3, 0.4) is 0 Å². The van der Waals surface area contributed by atoms with Gasteiger partial charge in [-0.25, -0.2) is 10.1 Å². The highest BCUT2D eigenvalue weighted by atomic mass is 16.2. The van der Waals surface area contributed by atoms with Gasteiger partial charge in [0.1, 0.15) is 5.69 Å². The number of aromatic nitrogens is 2. The van der Waals surface area contributed by atoms with Crippen molar-refractivity contribution in [1.82, 2.24) is 20.6 Å². The van der Waals surface area contributed by atoms with Crippen LogP contribution in [0.1, 0.15) is 43.6 Å². The first-order valence-electron chi connectivity index (χ1n) is 6.23. The second-order valence-corrected chi connectivity index (χ2v) is 4.78. The minimum Gasteiger partial charge on any atom is -0.283 e. The van der Waals surface area contributed by atoms with Crippen molar-refractivity contribution in [1.29, 1.82) is 0 Å². The summed E-state index contributed by atoms with van der Waals surface area (Å²) in [5, 5.41) is 7.94. The fourth-order valence-electron chi connectivity index (χ4n) is 2.29. The van der Waals surface area contributed by atoms with Gasteiger partial charge in [0.2, 0.25) is 0 Å². The van der Waals surface area contributed by atoms with Crippen molar-refractivity contribution in [2.45, 2.75) is 45.2 Å². The Balaban J connectivity index is 2.06. The van der Waals surface area contributed by atoms with Crippen molar-refractivity contribution in [3.8, 4) is 0 Å². The van der Waals surface area contributed by atoms with Crippen LogP contribution < -0.4 is 11.0 Å². The highest BCUT2D eigenvalue weighted by Gasteiger charge is 2.26. The number of amides is 1. The number of carbonyl (C=O) groups is 1. The third kappa shape index (κ3) is 2.76. The normalized spacial score (nSPS) is 24.8. The van der Waals surface area contributed by atoms with Crippen LogP contribution in [-0.2, 0) is 0 Å². The van der Waals surface area contributed by atoms with E-state index in [1.165, 1.54) is 18.6 Å². The van der Waals surface area contributed by atoms with E-state index in [4.69, 9.17) is 0 Å². The number of nitrogens with one attached hydrogen (secondary N) is 2. The molecule has 0 spiro atoms. The highest BCUT2D eigenvalue weighted by Crippen LogP contribution is 2.20. The van der Waals surface area contributed by atoms with Crippen LogP contribution >= 0.6 is 0 Å². The van der Waals surface area contributed by atoms with Crippen molar-refractivity contribution in [2.24, 2.45) is 0 Å². The van der Waals surface area contributed by atoms with Crippen molar-refractivity contribution >= 4 is 5.91 Å². The number of nitrogens with zero attached hydrogens (tertiary/aromatic N) is 2. The number of H-pyrrole nitrogens is 1. The minimum atomic E-state index is -0.314. The standard InChI is InChI=1S/C12H18N4O2/c1-8-4-3-5-9(2)16(8)15-12(18)10-6-7-11(17)14-13-10/h6-9H,3-5H2,1-2H3,(H,14,17)(H,15,18). The van der Waals surface area contributed by atoms with Crippen LogP contribution in [0, 0.1) is 0 Å². The first-order valence-corrected chi connectivity index (χ1v) is 6.23. The van der Waals surface area contributed by atoms with Gasteiger partial charge in [0.25, 0.3) is 11.5 Å². The molecule has 0 radical (unpaired) electrons. The van der Waals surface area contributed by atoms with Gasteiger partial charge in [-0.2, -0.15) is 5.10 Å². The van der Waals surface area contributed by atoms with Crippen LogP contribution in [0.4, 0.5) is 0 Å². The molecule has 2 rings (SSSR count). The molecule has 1 aliphatic rings. The van der Waals surface area contributed by atoms with Crippen LogP contribution in [0.15, 0.2) is 16.9 Å². The summed E-state index contributed by atoms with van der Waals surface area (Å²) in [5.41, 5.74) is 2.77. The quantitative estimate of drug-likeness (QED) is 0.809. The molecule has 1 amide bonds. The molecule has 1 saturated heterocycles. The number of piperidine rings is 1. The molecular formula is C12H18N4O2. The maximum atomic E-state index is 12.0. The molecule has 0 aliphatic carbocycles. The van der Waals surface area contributed by atoms with Crippen molar-refractivity contribution in [3.63, 3.8) is 0 Å². The molecule has 0 aromatic carbocycles. The van der Waals surface area contributed by atoms with E-state index in [9.17, 15) is 9.59 Å². The molecule has 1 fully saturated rings. The lowest BCUT2D eigenvalue weighted by Gasteiger charge is -2.38. The monoisotopic (exact) mass is 250 g/mol. The van der Waals surface area contributed by atoms with Gasteiger partial charge in [-0.05, 0) is 32.8 Å². The zero-order valence-corrected chi connectivity index (χ0v) is 10.6. The Morgan fingerprint density at radius 3 is 2.61 bits per heavy atom. The van der Waals surface area contributed by atoms with Gasteiger partial charge < -0.3 is 0 Å². The molecule has 1 aromatic heterocycles. The second-order valence-electron chi connectivity index (χ2n) is 4.78. The zero-order valence-electron chi connectivity index (χ0n) is 10.6. The van der Waals surface area contributed by atoms with Crippen molar-refractivity contribution in [3.05, 3.63) is 28.2 Å². The van der Waals surface area contributed by atoms with E-state index in [0.29, 0.717) is 12.1 Å². The molecule has 18 heavy (non-hydrogen) atoms. The molecule has 1 aromatic rings. The lowest BCUT2D eigenvalue weighted by atomic mass is 10.00. The first-order chi connectivity index (χ1) is 8.58. The van der Waals surface area contributed by atoms with Gasteiger partial charge in [-0.1, -0.05) is 6.42 Å². The Labute approximate surface area is 105 Å². The number of carbonyl (C=O) groups excluding carboxylic acids is 1. The van der Waals surface area contributed by atoms with Crippen LogP contribution in [0.25, 0.3) is 0 Å². The molecule has 2 heterocycles. The van der Waals surface area contributed by atoms with E-state index in [0.717, 1.165) is 12.8 Å². The number of hydrogen-bond acceptors (Lipinski definition) is 4. The Bertz CT molecular complexity index is 455. The van der Waals surface area contributed by atoms with Gasteiger partial charge in [-0.15, -0.1) is 0 Å². The molecule has 2 unspecified atom stereocenters. The van der Waals surface area contributed by atoms with E-state index >= 15 is 0 Å². The summed E-state index contributed by atoms with van der Waals surface area (Å²) in [4.78, 5) is 22.9. The topological polar surface area (TPSA) is 78.1 Å². The van der Waals surface area contributed by atoms with E-state index in [1.807, 2.05) is 5.01 Å². The number of hydrazine groups is 1. The smallest absolute Gasteiger partial charge is 0.283 e. The Kier molecular flexibility index (Phi) is 3.76. The number of rotatable bonds is 2. The maximum absolute atomic E-state index is 12.0. The maximum Gasteiger partial charge on any atom is 0.286 e. The minimum absolute atomic E-state index is 0.222. The summed E-state index contributed by atoms with van der Waals surface area (Å²) >= 11 is 0. The average molecular weight is 250 g/mol. The van der Waals surface area contributed by atoms with Crippen molar-refractivity contribution < 1.29 is 4.79 Å². The molecule has 2 atom stereocenters. The van der Waals surface area contributed by atoms with E-state index in [2.05, 4.69) is 29.5 Å². The summed E-state index contributed by atoms with van der Waals surface area (Å²) in [6.07, 6.45) is 3.33. The highest BCUT2D eigenvalue weighted by molar-refractivity contribution is 5.91. The SMILES string of the molecule is CC1CCCC(C)N1NC(=O)c1ccc(=O)[nH]n1. The first kappa shape index (κ1) is 12.8. The Morgan fingerprint density at radius 2 is 2.06 bits per heavy atom. The second kappa shape index (κ2) is 5.30. The third-order valence-electron chi connectivity index (χ3n) is 3.34. The summed E-state index contributed by atoms with van der Waals surface area (Å²) < 4.78 is 0. The lowest BCUT2D eigenvalue weighted by molar-refractivity contribution is 0.0365. The van der Waals surface area contributed by atoms with Gasteiger partial charge in [0.15, 0.2) is 0 Å². The molecule has 6 nitrogen and oxygen atoms in total. The molecule has 98 valence electrons. The summed E-state index contributed by atoms with van der Waals surface area (Å²) in [6, 6.07) is 3.36. The van der Waals surface area contributed by atoms with E-state index < -0.39 is 0 Å². The Morgan fingerprint density at radius 1 is 1.39 bits per heavy atom. The van der Waals surface area contributed by atoms with Gasteiger partial charge >= 0.3 is 0 Å². The predicted molar refractivity (Wildman–Crippen MR) is 66.9 cm³/mol. The van der Waals surface area contributed by atoms with Crippen LogP contribution in [-0.4, -0.2) is 33.2 Å². The van der Waals surface area contributed by atoms with Crippen molar-refractivity contribution in [2.75, 3.05) is 0 Å². The Hall–Kier alpha value is -1.69. The number of hydrogen-bond donors (Lipinski definition) is 2. The molecule has 0 saturated carbocycles. The fourth-order valence-corrected chi connectivity index (χ4v) is 2.29. The third-order valence-corrected chi connectivity index (χ3v) is 3.34. The molecular weight excluding hydrogens is 232 g/mol. The van der Waals surface area contributed by atoms with Gasteiger partial charge in [0.05, 0.1) is 0 Å². The van der Waals surface area contributed by atoms with Crippen LogP contribution in [0.5, 0.6) is 0 Å².